The van der Waals surface area contributed by atoms with Gasteiger partial charge in [-0.15, -0.1) is 0 Å². The minimum absolute atomic E-state index is 0.467. The second-order valence-electron chi connectivity index (χ2n) is 4.34. The van der Waals surface area contributed by atoms with Crippen LogP contribution in [0, 0.1) is 11.8 Å². The van der Waals surface area contributed by atoms with Crippen LogP contribution in [0.15, 0.2) is 4.99 Å². The molecule has 0 aromatic rings. The molecule has 2 unspecified atom stereocenters. The molecule has 0 radical (unpaired) electrons. The van der Waals surface area contributed by atoms with Gasteiger partial charge in [-0.1, -0.05) is 6.92 Å². The molecule has 1 aliphatic carbocycles. The van der Waals surface area contributed by atoms with Gasteiger partial charge in [-0.25, -0.2) is 5.84 Å². The van der Waals surface area contributed by atoms with E-state index in [9.17, 15) is 0 Å². The molecule has 0 aromatic carbocycles. The molecule has 80 valence electrons. The van der Waals surface area contributed by atoms with Crippen LogP contribution in [-0.4, -0.2) is 25.1 Å². The largest absolute Gasteiger partial charge is 0.381 e. The summed E-state index contributed by atoms with van der Waals surface area (Å²) in [6, 6.07) is 0.538. The van der Waals surface area contributed by atoms with Crippen molar-refractivity contribution in [1.82, 2.24) is 5.43 Å². The van der Waals surface area contributed by atoms with Crippen LogP contribution in [0.25, 0.3) is 0 Å². The summed E-state index contributed by atoms with van der Waals surface area (Å²) in [7, 11) is 0. The van der Waals surface area contributed by atoms with Crippen molar-refractivity contribution in [3.8, 4) is 0 Å². The Morgan fingerprint density at radius 3 is 2.79 bits per heavy atom. The lowest BCUT2D eigenvalue weighted by atomic mass is 9.89. The molecule has 1 aliphatic heterocycles. The SMILES string of the molecule is CC1COCCC1C(=NC1CC1)NN. The van der Waals surface area contributed by atoms with Crippen molar-refractivity contribution in [3.05, 3.63) is 0 Å². The summed E-state index contributed by atoms with van der Waals surface area (Å²) >= 11 is 0. The molecular formula is C10H19N3O. The number of amidine groups is 1. The van der Waals surface area contributed by atoms with E-state index in [4.69, 9.17) is 10.6 Å². The molecule has 0 amide bonds. The van der Waals surface area contributed by atoms with Gasteiger partial charge in [0.15, 0.2) is 0 Å². The fourth-order valence-electron chi connectivity index (χ4n) is 1.93. The molecule has 4 heteroatoms. The zero-order valence-electron chi connectivity index (χ0n) is 8.70. The molecule has 4 nitrogen and oxygen atoms in total. The smallest absolute Gasteiger partial charge is 0.114 e. The first-order valence-corrected chi connectivity index (χ1v) is 5.43. The maximum Gasteiger partial charge on any atom is 0.114 e. The highest BCUT2D eigenvalue weighted by molar-refractivity contribution is 5.84. The number of hydrogen-bond donors (Lipinski definition) is 2. The fraction of sp³-hybridized carbons (Fsp3) is 0.900. The molecule has 1 saturated heterocycles. The van der Waals surface area contributed by atoms with Crippen LogP contribution >= 0.6 is 0 Å². The molecule has 2 rings (SSSR count). The Balaban J connectivity index is 2.01. The van der Waals surface area contributed by atoms with Crippen LogP contribution < -0.4 is 11.3 Å². The van der Waals surface area contributed by atoms with Gasteiger partial charge in [0.05, 0.1) is 6.04 Å². The molecule has 0 spiro atoms. The summed E-state index contributed by atoms with van der Waals surface area (Å²) in [5, 5.41) is 0. The van der Waals surface area contributed by atoms with E-state index in [-0.39, 0.29) is 0 Å². The van der Waals surface area contributed by atoms with Crippen LogP contribution in [-0.2, 0) is 4.74 Å². The third-order valence-corrected chi connectivity index (χ3v) is 3.01. The maximum atomic E-state index is 5.52. The van der Waals surface area contributed by atoms with Crippen molar-refractivity contribution in [2.45, 2.75) is 32.2 Å². The van der Waals surface area contributed by atoms with Crippen molar-refractivity contribution in [2.24, 2.45) is 22.7 Å². The highest BCUT2D eigenvalue weighted by Gasteiger charge is 2.29. The van der Waals surface area contributed by atoms with Crippen molar-refractivity contribution in [2.75, 3.05) is 13.2 Å². The van der Waals surface area contributed by atoms with E-state index in [2.05, 4.69) is 17.3 Å². The minimum Gasteiger partial charge on any atom is -0.381 e. The van der Waals surface area contributed by atoms with Crippen LogP contribution in [0.1, 0.15) is 26.2 Å². The van der Waals surface area contributed by atoms with E-state index < -0.39 is 0 Å². The Morgan fingerprint density at radius 1 is 1.43 bits per heavy atom. The number of nitrogens with two attached hydrogens (primary N) is 1. The first-order chi connectivity index (χ1) is 6.81. The van der Waals surface area contributed by atoms with Gasteiger partial charge in [0.2, 0.25) is 0 Å². The van der Waals surface area contributed by atoms with Crippen molar-refractivity contribution >= 4 is 5.84 Å². The Morgan fingerprint density at radius 2 is 2.21 bits per heavy atom. The standard InChI is InChI=1S/C10H19N3O/c1-7-6-14-5-4-9(7)10(13-11)12-8-2-3-8/h7-9H,2-6,11H2,1H3,(H,12,13). The fourth-order valence-corrected chi connectivity index (χ4v) is 1.93. The number of nitrogens with zero attached hydrogens (tertiary/aromatic N) is 1. The topological polar surface area (TPSA) is 59.6 Å². The van der Waals surface area contributed by atoms with Crippen LogP contribution in [0.2, 0.25) is 0 Å². The van der Waals surface area contributed by atoms with Gasteiger partial charge in [0, 0.05) is 19.1 Å². The zero-order valence-corrected chi connectivity index (χ0v) is 8.70. The molecular weight excluding hydrogens is 178 g/mol. The van der Waals surface area contributed by atoms with Crippen LogP contribution in [0.4, 0.5) is 0 Å². The Labute approximate surface area is 84.9 Å². The number of nitrogens with one attached hydrogen (secondary N) is 1. The van der Waals surface area contributed by atoms with Crippen LogP contribution in [0.3, 0.4) is 0 Å². The molecule has 2 atom stereocenters. The molecule has 14 heavy (non-hydrogen) atoms. The third-order valence-electron chi connectivity index (χ3n) is 3.01. The first-order valence-electron chi connectivity index (χ1n) is 5.43. The Hall–Kier alpha value is -0.610. The van der Waals surface area contributed by atoms with Gasteiger partial charge in [0.1, 0.15) is 5.84 Å². The Kier molecular flexibility index (Phi) is 3.03. The third kappa shape index (κ3) is 2.25. The normalized spacial score (nSPS) is 34.3. The first kappa shape index (κ1) is 9.93. The predicted molar refractivity (Wildman–Crippen MR) is 55.9 cm³/mol. The van der Waals surface area contributed by atoms with Gasteiger partial charge < -0.3 is 10.2 Å². The summed E-state index contributed by atoms with van der Waals surface area (Å²) in [5.74, 6) is 7.50. The predicted octanol–water partition coefficient (Wildman–Crippen LogP) is 0.683. The van der Waals surface area contributed by atoms with Gasteiger partial charge in [-0.05, 0) is 25.2 Å². The van der Waals surface area contributed by atoms with Gasteiger partial charge in [-0.3, -0.25) is 4.99 Å². The van der Waals surface area contributed by atoms with Crippen molar-refractivity contribution in [1.29, 1.82) is 0 Å². The molecule has 1 saturated carbocycles. The number of hydrazine groups is 1. The summed E-state index contributed by atoms with van der Waals surface area (Å²) in [6.07, 6.45) is 3.49. The molecule has 0 aromatic heterocycles. The van der Waals surface area contributed by atoms with Crippen molar-refractivity contribution < 1.29 is 4.74 Å². The zero-order chi connectivity index (χ0) is 9.97. The highest BCUT2D eigenvalue weighted by atomic mass is 16.5. The average molecular weight is 197 g/mol. The molecule has 1 heterocycles. The van der Waals surface area contributed by atoms with Gasteiger partial charge in [0.25, 0.3) is 0 Å². The van der Waals surface area contributed by atoms with E-state index in [0.717, 1.165) is 25.5 Å². The summed E-state index contributed by atoms with van der Waals surface area (Å²) < 4.78 is 5.40. The summed E-state index contributed by atoms with van der Waals surface area (Å²) in [4.78, 5) is 4.61. The number of rotatable bonds is 2. The summed E-state index contributed by atoms with van der Waals surface area (Å²) in [6.45, 7) is 3.86. The Bertz CT molecular complexity index is 225. The average Bonchev–Trinajstić information content (AvgIpc) is 2.99. The molecule has 3 N–H and O–H groups in total. The number of ether oxygens (including phenoxy) is 1. The monoisotopic (exact) mass is 197 g/mol. The highest BCUT2D eigenvalue weighted by Crippen LogP contribution is 2.27. The van der Waals surface area contributed by atoms with E-state index in [0.29, 0.717) is 17.9 Å². The molecule has 2 fully saturated rings. The van der Waals surface area contributed by atoms with E-state index in [1.807, 2.05) is 0 Å². The lowest BCUT2D eigenvalue weighted by Crippen LogP contribution is -2.42. The quantitative estimate of drug-likeness (QED) is 0.296. The lowest BCUT2D eigenvalue weighted by Gasteiger charge is -2.29. The van der Waals surface area contributed by atoms with Gasteiger partial charge >= 0.3 is 0 Å². The lowest BCUT2D eigenvalue weighted by molar-refractivity contribution is 0.0430. The van der Waals surface area contributed by atoms with Gasteiger partial charge in [-0.2, -0.15) is 0 Å². The van der Waals surface area contributed by atoms with Crippen molar-refractivity contribution in [3.63, 3.8) is 0 Å². The summed E-state index contributed by atoms with van der Waals surface area (Å²) in [5.41, 5.74) is 2.77. The van der Waals surface area contributed by atoms with E-state index in [1.54, 1.807) is 0 Å². The molecule has 2 aliphatic rings. The second-order valence-corrected chi connectivity index (χ2v) is 4.34. The van der Waals surface area contributed by atoms with Crippen LogP contribution in [0.5, 0.6) is 0 Å². The maximum absolute atomic E-state index is 5.52. The van der Waals surface area contributed by atoms with E-state index in [1.165, 1.54) is 12.8 Å². The number of hydrogen-bond acceptors (Lipinski definition) is 3. The second kappa shape index (κ2) is 4.28. The van der Waals surface area contributed by atoms with E-state index >= 15 is 0 Å². The molecule has 0 bridgehead atoms. The minimum atomic E-state index is 0.467. The number of aliphatic imine (C=N–C) groups is 1.